The molecule has 0 atom stereocenters. The van der Waals surface area contributed by atoms with E-state index in [9.17, 15) is 4.79 Å². The largest absolute Gasteiger partial charge is 0.451 e. The van der Waals surface area contributed by atoms with E-state index >= 15 is 0 Å². The third-order valence-electron chi connectivity index (χ3n) is 3.81. The van der Waals surface area contributed by atoms with E-state index in [0.29, 0.717) is 16.4 Å². The number of carbonyl (C=O) groups is 1. The summed E-state index contributed by atoms with van der Waals surface area (Å²) in [6.07, 6.45) is 1.52. The molecular weight excluding hydrogens is 340 g/mol. The molecule has 0 radical (unpaired) electrons. The van der Waals surface area contributed by atoms with Crippen molar-refractivity contribution in [3.63, 3.8) is 0 Å². The van der Waals surface area contributed by atoms with Gasteiger partial charge in [0.15, 0.2) is 11.4 Å². The maximum absolute atomic E-state index is 12.5. The minimum absolute atomic E-state index is 0.115. The van der Waals surface area contributed by atoms with Crippen LogP contribution in [-0.2, 0) is 0 Å². The van der Waals surface area contributed by atoms with Gasteiger partial charge in [-0.1, -0.05) is 23.9 Å². The van der Waals surface area contributed by atoms with E-state index in [4.69, 9.17) is 4.42 Å². The number of hydrogen-bond acceptors (Lipinski definition) is 6. The van der Waals surface area contributed by atoms with Gasteiger partial charge in [-0.05, 0) is 32.0 Å². The molecule has 6 heteroatoms. The van der Waals surface area contributed by atoms with Gasteiger partial charge in [-0.2, -0.15) is 0 Å². The van der Waals surface area contributed by atoms with Gasteiger partial charge < -0.3 is 4.42 Å². The van der Waals surface area contributed by atoms with Crippen LogP contribution in [0.3, 0.4) is 0 Å². The Balaban J connectivity index is 1.65. The Morgan fingerprint density at radius 1 is 1.25 bits per heavy atom. The highest BCUT2D eigenvalue weighted by atomic mass is 32.2. The van der Waals surface area contributed by atoms with Gasteiger partial charge in [-0.3, -0.25) is 4.79 Å². The summed E-state index contributed by atoms with van der Waals surface area (Å²) in [5.41, 5.74) is 3.03. The number of ketones is 1. The molecule has 3 heterocycles. The van der Waals surface area contributed by atoms with E-state index in [2.05, 4.69) is 9.97 Å². The van der Waals surface area contributed by atoms with Gasteiger partial charge in [0, 0.05) is 20.7 Å². The van der Waals surface area contributed by atoms with E-state index in [1.807, 2.05) is 44.2 Å². The summed E-state index contributed by atoms with van der Waals surface area (Å²) in [7, 11) is 0. The molecule has 0 aliphatic rings. The van der Waals surface area contributed by atoms with Crippen molar-refractivity contribution in [3.05, 3.63) is 52.0 Å². The molecule has 4 aromatic rings. The first-order chi connectivity index (χ1) is 11.6. The van der Waals surface area contributed by atoms with E-state index in [1.54, 1.807) is 11.3 Å². The number of furan rings is 1. The van der Waals surface area contributed by atoms with Crippen LogP contribution in [0.25, 0.3) is 22.1 Å². The second-order valence-electron chi connectivity index (χ2n) is 5.49. The van der Waals surface area contributed by atoms with Crippen LogP contribution in [0.4, 0.5) is 0 Å². The maximum atomic E-state index is 12.5. The number of para-hydroxylation sites is 1. The average molecular weight is 354 g/mol. The molecule has 120 valence electrons. The highest BCUT2D eigenvalue weighted by Crippen LogP contribution is 2.33. The fraction of sp³-hybridized carbons (Fsp3) is 0.167. The number of rotatable bonds is 4. The number of carbonyl (C=O) groups excluding carboxylic acids is 1. The number of Topliss-reactive ketones (excluding diaryl/α,β-unsaturated/α-hetero) is 1. The highest BCUT2D eigenvalue weighted by molar-refractivity contribution is 8.00. The van der Waals surface area contributed by atoms with Crippen molar-refractivity contribution < 1.29 is 9.21 Å². The minimum atomic E-state index is 0.115. The van der Waals surface area contributed by atoms with Crippen molar-refractivity contribution in [2.24, 2.45) is 0 Å². The zero-order valence-corrected chi connectivity index (χ0v) is 14.8. The van der Waals surface area contributed by atoms with Crippen molar-refractivity contribution in [3.8, 4) is 0 Å². The highest BCUT2D eigenvalue weighted by Gasteiger charge is 2.16. The van der Waals surface area contributed by atoms with Crippen LogP contribution in [0, 0.1) is 13.8 Å². The Labute approximate surface area is 146 Å². The first kappa shape index (κ1) is 15.4. The second kappa shape index (κ2) is 6.03. The molecule has 0 N–H and O–H groups in total. The number of nitrogens with zero attached hydrogens (tertiary/aromatic N) is 2. The number of fused-ring (bicyclic) bond motifs is 3. The minimum Gasteiger partial charge on any atom is -0.451 e. The summed E-state index contributed by atoms with van der Waals surface area (Å²) in [5, 5.41) is 1.67. The lowest BCUT2D eigenvalue weighted by Crippen LogP contribution is -2.02. The fourth-order valence-corrected chi connectivity index (χ4v) is 4.48. The number of benzene rings is 1. The lowest BCUT2D eigenvalue weighted by molar-refractivity contribution is 0.102. The monoisotopic (exact) mass is 354 g/mol. The topological polar surface area (TPSA) is 56.0 Å². The molecule has 0 saturated carbocycles. The lowest BCUT2D eigenvalue weighted by Gasteiger charge is -2.01. The van der Waals surface area contributed by atoms with Gasteiger partial charge in [0.25, 0.3) is 0 Å². The van der Waals surface area contributed by atoms with E-state index in [0.717, 1.165) is 31.8 Å². The molecule has 4 rings (SSSR count). The molecule has 0 saturated heterocycles. The van der Waals surface area contributed by atoms with Gasteiger partial charge in [0.1, 0.15) is 22.5 Å². The summed E-state index contributed by atoms with van der Waals surface area (Å²) in [6, 6.07) is 9.73. The smallest absolute Gasteiger partial charge is 0.186 e. The Bertz CT molecular complexity index is 1070. The molecule has 0 aliphatic heterocycles. The van der Waals surface area contributed by atoms with Crippen LogP contribution in [0.1, 0.15) is 20.1 Å². The van der Waals surface area contributed by atoms with Crippen LogP contribution in [0.2, 0.25) is 0 Å². The zero-order valence-electron chi connectivity index (χ0n) is 13.2. The van der Waals surface area contributed by atoms with Crippen LogP contribution < -0.4 is 0 Å². The maximum Gasteiger partial charge on any atom is 0.186 e. The second-order valence-corrected chi connectivity index (χ2v) is 7.92. The number of aryl methyl sites for hydroxylation is 2. The number of aromatic nitrogens is 2. The summed E-state index contributed by atoms with van der Waals surface area (Å²) in [4.78, 5) is 23.3. The number of thiophene rings is 1. The first-order valence-corrected chi connectivity index (χ1v) is 9.29. The molecule has 1 aromatic carbocycles. The molecule has 0 amide bonds. The van der Waals surface area contributed by atoms with Crippen LogP contribution in [-0.4, -0.2) is 21.5 Å². The molecule has 24 heavy (non-hydrogen) atoms. The van der Waals surface area contributed by atoms with Crippen molar-refractivity contribution in [1.82, 2.24) is 9.97 Å². The third kappa shape index (κ3) is 2.61. The summed E-state index contributed by atoms with van der Waals surface area (Å²) < 4.78 is 5.89. The molecule has 3 aromatic heterocycles. The molecule has 0 aliphatic carbocycles. The van der Waals surface area contributed by atoms with E-state index in [-0.39, 0.29) is 5.78 Å². The molecule has 0 unspecified atom stereocenters. The van der Waals surface area contributed by atoms with Gasteiger partial charge in [0.2, 0.25) is 0 Å². The van der Waals surface area contributed by atoms with Gasteiger partial charge in [-0.25, -0.2) is 9.97 Å². The quantitative estimate of drug-likeness (QED) is 0.292. The average Bonchev–Trinajstić information content (AvgIpc) is 3.12. The predicted molar refractivity (Wildman–Crippen MR) is 98.2 cm³/mol. The summed E-state index contributed by atoms with van der Waals surface area (Å²) >= 11 is 3.05. The van der Waals surface area contributed by atoms with Crippen LogP contribution in [0.15, 0.2) is 46.1 Å². The van der Waals surface area contributed by atoms with Crippen LogP contribution >= 0.6 is 23.1 Å². The van der Waals surface area contributed by atoms with Gasteiger partial charge in [0.05, 0.1) is 5.75 Å². The third-order valence-corrected chi connectivity index (χ3v) is 5.74. The first-order valence-electron chi connectivity index (χ1n) is 7.49. The molecule has 4 nitrogen and oxygen atoms in total. The Hall–Kier alpha value is -2.18. The van der Waals surface area contributed by atoms with Crippen molar-refractivity contribution in [2.45, 2.75) is 18.9 Å². The normalized spacial score (nSPS) is 11.4. The molecule has 0 fully saturated rings. The molecule has 0 spiro atoms. The van der Waals surface area contributed by atoms with E-state index in [1.165, 1.54) is 18.1 Å². The van der Waals surface area contributed by atoms with Crippen molar-refractivity contribution in [1.29, 1.82) is 0 Å². The molecule has 0 bridgehead atoms. The van der Waals surface area contributed by atoms with Gasteiger partial charge >= 0.3 is 0 Å². The number of thioether (sulfide) groups is 1. The molecular formula is C18H14N2O2S2. The predicted octanol–water partition coefficient (Wildman–Crippen LogP) is 5.03. The van der Waals surface area contributed by atoms with Crippen LogP contribution in [0.5, 0.6) is 0 Å². The van der Waals surface area contributed by atoms with Gasteiger partial charge in [-0.15, -0.1) is 11.3 Å². The number of hydrogen-bond donors (Lipinski definition) is 0. The Morgan fingerprint density at radius 3 is 2.88 bits per heavy atom. The zero-order chi connectivity index (χ0) is 16.7. The lowest BCUT2D eigenvalue weighted by atomic mass is 10.2. The van der Waals surface area contributed by atoms with Crippen molar-refractivity contribution >= 4 is 51.0 Å². The fourth-order valence-electron chi connectivity index (χ4n) is 2.72. The van der Waals surface area contributed by atoms with E-state index < -0.39 is 0 Å². The summed E-state index contributed by atoms with van der Waals surface area (Å²) in [6.45, 7) is 4.00. The van der Waals surface area contributed by atoms with Crippen molar-refractivity contribution in [2.75, 3.05) is 5.75 Å². The summed E-state index contributed by atoms with van der Waals surface area (Å²) in [5.74, 6) is 0.449. The Morgan fingerprint density at radius 2 is 2.08 bits per heavy atom. The Kier molecular flexibility index (Phi) is 3.86. The standard InChI is InChI=1S/C18H14N2O2S2/c1-10-7-13(11(2)24-10)14(21)8-23-18-17-16(19-9-20-18)12-5-3-4-6-15(12)22-17/h3-7,9H,8H2,1-2H3. The SMILES string of the molecule is Cc1cc(C(=O)CSc2ncnc3c2oc2ccccc23)c(C)s1.